The standard InChI is InChI=1S/C30H28O4S8/c1-6-33-21(31)14-22(32)34-15-16-11-12-19-20(13-16)24(26-41-29(37-4)30(38-5)42-26)18-10-8-7-9-17(18)23(19)25-39-27(35-2)28(36-3)40-25/h7-13H,6,14-15H2,1-5H3. The normalized spacial score (nSPS) is 15.5. The van der Waals surface area contributed by atoms with Crippen LogP contribution in [-0.4, -0.2) is 43.6 Å². The molecular weight excluding hydrogens is 681 g/mol. The molecule has 42 heavy (non-hydrogen) atoms. The van der Waals surface area contributed by atoms with Crippen LogP contribution >= 0.6 is 94.1 Å². The second-order valence-electron chi connectivity index (χ2n) is 8.77. The molecule has 0 radical (unpaired) electrons. The summed E-state index contributed by atoms with van der Waals surface area (Å²) in [4.78, 5) is 24.1. The van der Waals surface area contributed by atoms with Crippen molar-refractivity contribution in [3.05, 3.63) is 75.4 Å². The second kappa shape index (κ2) is 14.9. The second-order valence-corrected chi connectivity index (χ2v) is 17.7. The SMILES string of the molecule is CCOC(=O)CC(=O)OCc1ccc2c(=C3SC(SC)=C(SC)S3)c3ccccc3c(=C3SC(SC)=C(SC)S3)c2c1. The Labute approximate surface area is 279 Å². The molecule has 4 nitrogen and oxygen atoms in total. The number of hydrogen-bond donors (Lipinski definition) is 0. The van der Waals surface area contributed by atoms with E-state index >= 15 is 0 Å². The van der Waals surface area contributed by atoms with Crippen LogP contribution in [0.3, 0.4) is 0 Å². The van der Waals surface area contributed by atoms with Gasteiger partial charge in [-0.05, 0) is 65.1 Å². The highest BCUT2D eigenvalue weighted by molar-refractivity contribution is 8.46. The number of esters is 2. The fourth-order valence-electron chi connectivity index (χ4n) is 4.55. The van der Waals surface area contributed by atoms with Gasteiger partial charge in [0.15, 0.2) is 0 Å². The molecule has 0 amide bonds. The molecule has 0 atom stereocenters. The van der Waals surface area contributed by atoms with Crippen molar-refractivity contribution >= 4 is 136 Å². The Hall–Kier alpha value is -0.860. The molecule has 2 aliphatic rings. The molecule has 2 aliphatic heterocycles. The van der Waals surface area contributed by atoms with Gasteiger partial charge in [0.2, 0.25) is 0 Å². The van der Waals surface area contributed by atoms with Gasteiger partial charge in [0.1, 0.15) is 13.0 Å². The van der Waals surface area contributed by atoms with Crippen LogP contribution in [0.4, 0.5) is 0 Å². The largest absolute Gasteiger partial charge is 0.466 e. The number of thioether (sulfide) groups is 8. The average Bonchev–Trinajstić information content (AvgIpc) is 3.62. The molecule has 12 heteroatoms. The Morgan fingerprint density at radius 2 is 1.10 bits per heavy atom. The maximum Gasteiger partial charge on any atom is 0.317 e. The first-order chi connectivity index (χ1) is 20.4. The van der Waals surface area contributed by atoms with Gasteiger partial charge < -0.3 is 9.47 Å². The molecule has 0 spiro atoms. The summed E-state index contributed by atoms with van der Waals surface area (Å²) < 4.78 is 18.3. The molecule has 0 aliphatic carbocycles. The molecule has 2 heterocycles. The zero-order valence-corrected chi connectivity index (χ0v) is 30.1. The van der Waals surface area contributed by atoms with Gasteiger partial charge in [-0.15, -0.1) is 47.0 Å². The molecule has 3 aromatic carbocycles. The predicted molar refractivity (Wildman–Crippen MR) is 197 cm³/mol. The molecule has 3 aromatic rings. The van der Waals surface area contributed by atoms with Crippen molar-refractivity contribution in [1.29, 1.82) is 0 Å². The lowest BCUT2D eigenvalue weighted by atomic mass is 9.97. The monoisotopic (exact) mass is 708 g/mol. The van der Waals surface area contributed by atoms with Gasteiger partial charge in [0, 0.05) is 10.4 Å². The number of hydrogen-bond acceptors (Lipinski definition) is 12. The van der Waals surface area contributed by atoms with Crippen molar-refractivity contribution in [2.75, 3.05) is 31.6 Å². The minimum atomic E-state index is -0.586. The molecule has 0 saturated carbocycles. The summed E-state index contributed by atoms with van der Waals surface area (Å²) in [5.74, 6) is -1.16. The number of carbonyl (C=O) groups excluding carboxylic acids is 2. The lowest BCUT2D eigenvalue weighted by molar-refractivity contribution is -0.155. The Morgan fingerprint density at radius 1 is 0.643 bits per heavy atom. The highest BCUT2D eigenvalue weighted by atomic mass is 32.3. The maximum atomic E-state index is 12.3. The van der Waals surface area contributed by atoms with Gasteiger partial charge in [0.05, 0.1) is 32.0 Å². The predicted octanol–water partition coefficient (Wildman–Crippen LogP) is 8.79. The third-order valence-electron chi connectivity index (χ3n) is 6.31. The highest BCUT2D eigenvalue weighted by Gasteiger charge is 2.25. The number of carbonyl (C=O) groups is 2. The molecule has 5 rings (SSSR count). The number of fused-ring (bicyclic) bond motifs is 2. The van der Waals surface area contributed by atoms with E-state index in [0.29, 0.717) is 0 Å². The van der Waals surface area contributed by atoms with Gasteiger partial charge in [-0.1, -0.05) is 83.4 Å². The van der Waals surface area contributed by atoms with Crippen LogP contribution in [0.5, 0.6) is 0 Å². The van der Waals surface area contributed by atoms with Gasteiger partial charge in [-0.25, -0.2) is 0 Å². The molecule has 0 unspecified atom stereocenters. The summed E-state index contributed by atoms with van der Waals surface area (Å²) in [6.07, 6.45) is 8.16. The Morgan fingerprint density at radius 3 is 1.57 bits per heavy atom. The van der Waals surface area contributed by atoms with E-state index in [-0.39, 0.29) is 19.6 Å². The van der Waals surface area contributed by atoms with Gasteiger partial charge >= 0.3 is 11.9 Å². The first kappa shape index (κ1) is 32.5. The molecular formula is C30H28O4S8. The molecule has 0 bridgehead atoms. The molecule has 0 saturated heterocycles. The van der Waals surface area contributed by atoms with Crippen molar-refractivity contribution in [1.82, 2.24) is 0 Å². The van der Waals surface area contributed by atoms with Crippen LogP contribution in [0, 0.1) is 0 Å². The summed E-state index contributed by atoms with van der Waals surface area (Å²) in [6, 6.07) is 15.1. The topological polar surface area (TPSA) is 52.6 Å². The van der Waals surface area contributed by atoms with Gasteiger partial charge in [-0.3, -0.25) is 9.59 Å². The minimum Gasteiger partial charge on any atom is -0.466 e. The van der Waals surface area contributed by atoms with Crippen molar-refractivity contribution in [2.45, 2.75) is 20.0 Å². The fraction of sp³-hybridized carbons (Fsp3) is 0.267. The van der Waals surface area contributed by atoms with Crippen LogP contribution in [0.25, 0.3) is 30.0 Å². The van der Waals surface area contributed by atoms with Crippen molar-refractivity contribution in [2.24, 2.45) is 0 Å². The summed E-state index contributed by atoms with van der Waals surface area (Å²) in [7, 11) is 0. The summed E-state index contributed by atoms with van der Waals surface area (Å²) >= 11 is 14.6. The summed E-state index contributed by atoms with van der Waals surface area (Å²) in [5, 5.41) is 7.23. The minimum absolute atomic E-state index is 0.0879. The van der Waals surface area contributed by atoms with Crippen LogP contribution < -0.4 is 10.4 Å². The van der Waals surface area contributed by atoms with E-state index in [9.17, 15) is 9.59 Å². The van der Waals surface area contributed by atoms with E-state index in [2.05, 4.69) is 61.4 Å². The van der Waals surface area contributed by atoms with E-state index in [0.717, 1.165) is 10.9 Å². The average molecular weight is 709 g/mol. The van der Waals surface area contributed by atoms with Crippen LogP contribution in [0.2, 0.25) is 0 Å². The van der Waals surface area contributed by atoms with Crippen molar-refractivity contribution in [3.63, 3.8) is 0 Å². The molecule has 220 valence electrons. The van der Waals surface area contributed by atoms with E-state index in [1.807, 2.05) is 53.1 Å². The van der Waals surface area contributed by atoms with Crippen molar-refractivity contribution < 1.29 is 19.1 Å². The first-order valence-electron chi connectivity index (χ1n) is 12.8. The molecule has 0 fully saturated rings. The van der Waals surface area contributed by atoms with Crippen LogP contribution in [0.1, 0.15) is 18.9 Å². The van der Waals surface area contributed by atoms with Crippen molar-refractivity contribution in [3.8, 4) is 0 Å². The quantitative estimate of drug-likeness (QED) is 0.121. The van der Waals surface area contributed by atoms with Crippen LogP contribution in [-0.2, 0) is 25.7 Å². The number of rotatable bonds is 9. The lowest BCUT2D eigenvalue weighted by Crippen LogP contribution is -2.17. The third kappa shape index (κ3) is 6.85. The summed E-state index contributed by atoms with van der Waals surface area (Å²) in [6.45, 7) is 2.04. The first-order valence-corrected chi connectivity index (χ1v) is 21.0. The zero-order valence-electron chi connectivity index (χ0n) is 23.6. The van der Waals surface area contributed by atoms with E-state index in [1.54, 1.807) is 54.0 Å². The number of ether oxygens (including phenoxy) is 2. The Bertz CT molecular complexity index is 1730. The van der Waals surface area contributed by atoms with Crippen LogP contribution in [0.15, 0.2) is 59.4 Å². The Balaban J connectivity index is 1.72. The highest BCUT2D eigenvalue weighted by Crippen LogP contribution is 2.58. The summed E-state index contributed by atoms with van der Waals surface area (Å²) in [5.41, 5.74) is 0.878. The third-order valence-corrected chi connectivity index (χ3v) is 16.8. The van der Waals surface area contributed by atoms with E-state index < -0.39 is 11.9 Å². The van der Waals surface area contributed by atoms with E-state index in [4.69, 9.17) is 9.47 Å². The Kier molecular flexibility index (Phi) is 11.6. The van der Waals surface area contributed by atoms with Gasteiger partial charge in [-0.2, -0.15) is 0 Å². The van der Waals surface area contributed by atoms with Gasteiger partial charge in [0.25, 0.3) is 0 Å². The van der Waals surface area contributed by atoms with E-state index in [1.165, 1.54) is 52.0 Å². The zero-order chi connectivity index (χ0) is 29.8. The molecule has 0 N–H and O–H groups in total. The lowest BCUT2D eigenvalue weighted by Gasteiger charge is -2.13. The smallest absolute Gasteiger partial charge is 0.317 e. The molecule has 0 aromatic heterocycles. The number of benzene rings is 3. The fourth-order valence-corrected chi connectivity index (χ4v) is 14.8. The maximum absolute atomic E-state index is 12.3.